The van der Waals surface area contributed by atoms with E-state index in [1.165, 1.54) is 70.6 Å². The van der Waals surface area contributed by atoms with Crippen LogP contribution < -0.4 is 5.32 Å². The standard InChI is InChI=1S/C66H88Cl3N2O13P/c1-3-5-7-9-11-13-14-16-18-20-25-41-58(72)80-51(36-24-19-17-15-12-10-8-6-4-2)42-59(73)82-62-60(71-65(74)77-46-56-54-39-30-28-37-52(54)53-38-29-31-40-55(53)56)63(83-64(70)66(67,68)69)81-57(47-76-43-48-32-22-21-23-33-48)61(62)84-85(75)78-44-49-34-26-27-35-50(49)45-79-85/h21-23,26-35,37-40,51,56-57,60-63,70H,3-20,24-25,36,41-47H2,1-2H3,(H,71,74)/t51?,57-,60-,61-,62-,63?/m1/s1. The first-order valence-corrected chi connectivity index (χ1v) is 33.6. The quantitative estimate of drug-likeness (QED) is 0.00834. The highest BCUT2D eigenvalue weighted by molar-refractivity contribution is 7.48. The van der Waals surface area contributed by atoms with E-state index in [0.717, 1.165) is 72.8 Å². The molecule has 466 valence electrons. The van der Waals surface area contributed by atoms with Gasteiger partial charge in [0.2, 0.25) is 12.2 Å². The van der Waals surface area contributed by atoms with Crippen molar-refractivity contribution in [2.24, 2.45) is 0 Å². The SMILES string of the molecule is CCCCCCCCCCCCCC(=O)OC(CCCCCCCCCCC)CC(=O)O[C@H]1[C@H](OP2(=O)OCc3ccccc3CO2)[C@@H](COCc2ccccc2)OC(OC(=N)C(Cl)(Cl)Cl)[C@@H]1NC(=O)OCC1c2ccccc2-c2ccccc21. The average molecular weight is 1250 g/mol. The Balaban J connectivity index is 1.16. The van der Waals surface area contributed by atoms with Crippen molar-refractivity contribution >= 4 is 66.6 Å². The van der Waals surface area contributed by atoms with Crippen molar-refractivity contribution in [1.29, 1.82) is 5.41 Å². The number of unbranched alkanes of at least 4 members (excludes halogenated alkanes) is 18. The van der Waals surface area contributed by atoms with E-state index in [1.54, 1.807) is 0 Å². The molecular formula is C66H88Cl3N2O13P. The third-order valence-electron chi connectivity index (χ3n) is 15.9. The highest BCUT2D eigenvalue weighted by atomic mass is 35.6. The van der Waals surface area contributed by atoms with Gasteiger partial charge < -0.3 is 33.7 Å². The summed E-state index contributed by atoms with van der Waals surface area (Å²) in [5.74, 6) is -2.53. The fourth-order valence-corrected chi connectivity index (χ4v) is 12.7. The normalized spacial score (nSPS) is 19.4. The largest absolute Gasteiger partial charge is 0.475 e. The van der Waals surface area contributed by atoms with E-state index in [1.807, 2.05) is 103 Å². The molecule has 85 heavy (non-hydrogen) atoms. The van der Waals surface area contributed by atoms with Crippen LogP contribution in [0.4, 0.5) is 4.79 Å². The number of hydrogen-bond acceptors (Lipinski definition) is 14. The van der Waals surface area contributed by atoms with Gasteiger partial charge in [-0.2, -0.15) is 0 Å². The molecular weight excluding hydrogens is 1170 g/mol. The summed E-state index contributed by atoms with van der Waals surface area (Å²) in [5.41, 5.74) is 6.15. The number of carbonyl (C=O) groups excluding carboxylic acids is 3. The summed E-state index contributed by atoms with van der Waals surface area (Å²) < 4.78 is 68.5. The smallest absolute Gasteiger partial charge is 0.462 e. The van der Waals surface area contributed by atoms with Crippen LogP contribution >= 0.6 is 42.6 Å². The third-order valence-corrected chi connectivity index (χ3v) is 17.8. The van der Waals surface area contributed by atoms with Gasteiger partial charge in [-0.3, -0.25) is 28.6 Å². The molecule has 0 bridgehead atoms. The van der Waals surface area contributed by atoms with Crippen molar-refractivity contribution in [3.63, 3.8) is 0 Å². The van der Waals surface area contributed by atoms with E-state index in [0.29, 0.717) is 30.4 Å². The number of alkyl carbamates (subject to hydrolysis) is 1. The minimum absolute atomic E-state index is 0.0693. The molecule has 2 unspecified atom stereocenters. The van der Waals surface area contributed by atoms with Crippen LogP contribution in [0.25, 0.3) is 11.1 Å². The molecule has 1 saturated heterocycles. The number of halogens is 3. The van der Waals surface area contributed by atoms with Gasteiger partial charge in [0.1, 0.15) is 31.0 Å². The number of phosphoric ester groups is 1. The highest BCUT2D eigenvalue weighted by Crippen LogP contribution is 2.55. The first-order valence-electron chi connectivity index (χ1n) is 31.0. The predicted molar refractivity (Wildman–Crippen MR) is 332 cm³/mol. The molecule has 2 aliphatic heterocycles. The average Bonchev–Trinajstić information content (AvgIpc) is 2.22. The molecule has 4 aromatic carbocycles. The van der Waals surface area contributed by atoms with Crippen LogP contribution in [-0.2, 0) is 76.0 Å². The van der Waals surface area contributed by atoms with Crippen LogP contribution in [0.3, 0.4) is 0 Å². The van der Waals surface area contributed by atoms with Crippen LogP contribution in [0.5, 0.6) is 0 Å². The number of benzene rings is 4. The summed E-state index contributed by atoms with van der Waals surface area (Å²) in [6.45, 7) is 3.71. The lowest BCUT2D eigenvalue weighted by Crippen LogP contribution is -2.67. The fourth-order valence-electron chi connectivity index (χ4n) is 11.2. The Kier molecular flexibility index (Phi) is 28.8. The number of amides is 1. The Bertz CT molecular complexity index is 2660. The van der Waals surface area contributed by atoms with Crippen molar-refractivity contribution < 1.29 is 60.9 Å². The number of alkyl halides is 3. The van der Waals surface area contributed by atoms with Gasteiger partial charge in [0.25, 0.3) is 3.79 Å². The topological polar surface area (TPSA) is 187 Å². The predicted octanol–water partition coefficient (Wildman–Crippen LogP) is 17.3. The number of ether oxygens (including phenoxy) is 6. The maximum absolute atomic E-state index is 15.0. The maximum atomic E-state index is 15.0. The number of phosphoric acid groups is 1. The minimum atomic E-state index is -4.63. The van der Waals surface area contributed by atoms with Crippen molar-refractivity contribution in [2.75, 3.05) is 13.2 Å². The second-order valence-electron chi connectivity index (χ2n) is 22.5. The second kappa shape index (κ2) is 36.1. The van der Waals surface area contributed by atoms with E-state index >= 15 is 4.57 Å². The van der Waals surface area contributed by atoms with Crippen LogP contribution in [0.1, 0.15) is 195 Å². The first kappa shape index (κ1) is 68.0. The molecule has 1 amide bonds. The molecule has 0 radical (unpaired) electrons. The molecule has 1 fully saturated rings. The molecule has 6 atom stereocenters. The number of hydrogen-bond donors (Lipinski definition) is 2. The molecule has 0 saturated carbocycles. The molecule has 7 rings (SSSR count). The molecule has 2 heterocycles. The molecule has 3 aliphatic rings. The Morgan fingerprint density at radius 3 is 1.72 bits per heavy atom. The Morgan fingerprint density at radius 2 is 1.15 bits per heavy atom. The Hall–Kier alpha value is -4.54. The van der Waals surface area contributed by atoms with Gasteiger partial charge in [-0.25, -0.2) is 9.36 Å². The van der Waals surface area contributed by atoms with Crippen LogP contribution in [0.15, 0.2) is 103 Å². The van der Waals surface area contributed by atoms with E-state index in [-0.39, 0.29) is 45.4 Å². The summed E-state index contributed by atoms with van der Waals surface area (Å²) in [7, 11) is -4.63. The summed E-state index contributed by atoms with van der Waals surface area (Å²) in [6, 6.07) is 30.6. The molecule has 0 aromatic heterocycles. The molecule has 0 spiro atoms. The maximum Gasteiger partial charge on any atom is 0.475 e. The monoisotopic (exact) mass is 1250 g/mol. The lowest BCUT2D eigenvalue weighted by Gasteiger charge is -2.45. The molecule has 1 aliphatic carbocycles. The Morgan fingerprint density at radius 1 is 0.635 bits per heavy atom. The number of carbonyl (C=O) groups is 3. The summed E-state index contributed by atoms with van der Waals surface area (Å²) >= 11 is 18.7. The van der Waals surface area contributed by atoms with E-state index in [4.69, 9.17) is 82.2 Å². The van der Waals surface area contributed by atoms with Crippen molar-refractivity contribution in [3.05, 3.63) is 131 Å². The summed E-state index contributed by atoms with van der Waals surface area (Å²) in [4.78, 5) is 43.2. The molecule has 19 heteroatoms. The molecule has 4 aromatic rings. The van der Waals surface area contributed by atoms with E-state index in [9.17, 15) is 14.4 Å². The first-order chi connectivity index (χ1) is 41.2. The van der Waals surface area contributed by atoms with Gasteiger partial charge in [-0.15, -0.1) is 0 Å². The van der Waals surface area contributed by atoms with Crippen LogP contribution in [0.2, 0.25) is 0 Å². The fraction of sp³-hybridized carbons (Fsp3) is 0.576. The van der Waals surface area contributed by atoms with Gasteiger partial charge >= 0.3 is 25.9 Å². The van der Waals surface area contributed by atoms with Gasteiger partial charge in [-0.1, -0.05) is 267 Å². The number of rotatable bonds is 36. The molecule has 2 N–H and O–H groups in total. The number of esters is 2. The Labute approximate surface area is 518 Å². The second-order valence-corrected chi connectivity index (χ2v) is 26.4. The van der Waals surface area contributed by atoms with Crippen molar-refractivity contribution in [1.82, 2.24) is 5.32 Å². The van der Waals surface area contributed by atoms with E-state index in [2.05, 4.69) is 19.2 Å². The van der Waals surface area contributed by atoms with Gasteiger partial charge in [-0.05, 0) is 58.2 Å². The summed E-state index contributed by atoms with van der Waals surface area (Å²) in [6.07, 6.45) is 13.8. The van der Waals surface area contributed by atoms with Gasteiger partial charge in [0, 0.05) is 12.3 Å². The van der Waals surface area contributed by atoms with Crippen molar-refractivity contribution in [3.8, 4) is 11.1 Å². The highest BCUT2D eigenvalue weighted by Gasteiger charge is 2.55. The van der Waals surface area contributed by atoms with Crippen LogP contribution in [-0.4, -0.2) is 77.7 Å². The van der Waals surface area contributed by atoms with Gasteiger partial charge in [0.05, 0.1) is 32.8 Å². The summed E-state index contributed by atoms with van der Waals surface area (Å²) in [5, 5.41) is 11.5. The molecule has 15 nitrogen and oxygen atoms in total. The van der Waals surface area contributed by atoms with Gasteiger partial charge in [0.15, 0.2) is 6.10 Å². The third kappa shape index (κ3) is 22.2. The zero-order chi connectivity index (χ0) is 60.3. The van der Waals surface area contributed by atoms with Crippen molar-refractivity contribution in [2.45, 2.75) is 228 Å². The zero-order valence-electron chi connectivity index (χ0n) is 49.5. The lowest BCUT2D eigenvalue weighted by atomic mass is 9.96. The lowest BCUT2D eigenvalue weighted by molar-refractivity contribution is -0.255. The zero-order valence-corrected chi connectivity index (χ0v) is 52.7. The minimum Gasteiger partial charge on any atom is -0.462 e. The number of fused-ring (bicyclic) bond motifs is 4. The van der Waals surface area contributed by atoms with E-state index < -0.39 is 78.7 Å². The van der Waals surface area contributed by atoms with Crippen LogP contribution in [0, 0.1) is 5.41 Å². The number of nitrogens with one attached hydrogen (secondary N) is 2.